The topological polar surface area (TPSA) is 59.9 Å². The molecule has 2 aromatic heterocycles. The number of hydrogen-bond donors (Lipinski definition) is 0. The molecule has 0 bridgehead atoms. The Morgan fingerprint density at radius 3 is 2.56 bits per heavy atom. The van der Waals surface area contributed by atoms with Crippen LogP contribution in [0, 0.1) is 10.6 Å². The number of nitrogens with zero attached hydrogens (tertiary/aromatic N) is 6. The monoisotopic (exact) mass is 482 g/mol. The molecule has 2 aromatic carbocycles. The van der Waals surface area contributed by atoms with E-state index >= 15 is 0 Å². The highest BCUT2D eigenvalue weighted by atomic mass is 32.1. The maximum atomic E-state index is 14.2. The van der Waals surface area contributed by atoms with Crippen LogP contribution in [0.15, 0.2) is 53.3 Å². The van der Waals surface area contributed by atoms with Crippen molar-refractivity contribution in [1.29, 1.82) is 0 Å². The van der Waals surface area contributed by atoms with Gasteiger partial charge in [0.2, 0.25) is 10.5 Å². The first-order valence-corrected chi connectivity index (χ1v) is 11.8. The Kier molecular flexibility index (Phi) is 6.44. The summed E-state index contributed by atoms with van der Waals surface area (Å²) < 4.78 is 25.2. The zero-order valence-electron chi connectivity index (χ0n) is 19.1. The van der Waals surface area contributed by atoms with Crippen LogP contribution in [0.4, 0.5) is 10.1 Å². The van der Waals surface area contributed by atoms with Crippen LogP contribution in [0.25, 0.3) is 16.7 Å². The minimum atomic E-state index is -0.197. The summed E-state index contributed by atoms with van der Waals surface area (Å²) in [5, 5.41) is 5.38. The van der Waals surface area contributed by atoms with Crippen LogP contribution in [0.2, 0.25) is 0 Å². The van der Waals surface area contributed by atoms with Crippen molar-refractivity contribution >= 4 is 34.6 Å². The van der Waals surface area contributed by atoms with E-state index in [0.29, 0.717) is 61.0 Å². The number of benzene rings is 2. The lowest BCUT2D eigenvalue weighted by Crippen LogP contribution is -2.47. The predicted octanol–water partition coefficient (Wildman–Crippen LogP) is 3.14. The third-order valence-electron chi connectivity index (χ3n) is 6.31. The van der Waals surface area contributed by atoms with Crippen molar-refractivity contribution in [1.82, 2.24) is 23.6 Å². The molecule has 1 saturated heterocycles. The van der Waals surface area contributed by atoms with Gasteiger partial charge < -0.3 is 9.64 Å². The normalized spacial score (nSPS) is 14.9. The quantitative estimate of drug-likeness (QED) is 0.298. The highest BCUT2D eigenvalue weighted by Crippen LogP contribution is 2.21. The Morgan fingerprint density at radius 1 is 1.06 bits per heavy atom. The van der Waals surface area contributed by atoms with E-state index in [-0.39, 0.29) is 11.4 Å². The van der Waals surface area contributed by atoms with Crippen LogP contribution in [0.5, 0.6) is 0 Å². The molecular weight excluding hydrogens is 455 g/mol. The highest BCUT2D eigenvalue weighted by molar-refractivity contribution is 7.71. The van der Waals surface area contributed by atoms with Crippen molar-refractivity contribution in [3.8, 4) is 0 Å². The second-order valence-electron chi connectivity index (χ2n) is 8.44. The maximum Gasteiger partial charge on any atom is 0.262 e. The van der Waals surface area contributed by atoms with Crippen molar-refractivity contribution in [3.63, 3.8) is 0 Å². The van der Waals surface area contributed by atoms with Crippen molar-refractivity contribution in [2.24, 2.45) is 0 Å². The van der Waals surface area contributed by atoms with Crippen LogP contribution in [0.1, 0.15) is 6.42 Å². The Morgan fingerprint density at radius 2 is 1.79 bits per heavy atom. The molecule has 1 fully saturated rings. The van der Waals surface area contributed by atoms with Gasteiger partial charge in [0.1, 0.15) is 5.82 Å². The van der Waals surface area contributed by atoms with Crippen LogP contribution in [-0.4, -0.2) is 63.5 Å². The van der Waals surface area contributed by atoms with E-state index in [0.717, 1.165) is 18.6 Å². The number of aryl methyl sites for hydroxylation is 1. The summed E-state index contributed by atoms with van der Waals surface area (Å²) in [6, 6.07) is 14.4. The van der Waals surface area contributed by atoms with Gasteiger partial charge in [-0.1, -0.05) is 24.3 Å². The molecule has 5 rings (SSSR count). The fourth-order valence-corrected chi connectivity index (χ4v) is 4.83. The van der Waals surface area contributed by atoms with Gasteiger partial charge in [-0.05, 0) is 42.9 Å². The third kappa shape index (κ3) is 4.13. The van der Waals surface area contributed by atoms with E-state index in [9.17, 15) is 9.18 Å². The van der Waals surface area contributed by atoms with Gasteiger partial charge in [0, 0.05) is 46.4 Å². The van der Waals surface area contributed by atoms with Gasteiger partial charge in [0.25, 0.3) is 5.56 Å². The molecule has 3 heterocycles. The molecule has 4 aromatic rings. The number of aromatic nitrogens is 4. The standard InChI is InChI=1S/C24H27FN6O2S/c1-33-16-6-11-29-22(32)18-7-2-4-9-20(18)31-23(29)26-30(24(31)34)17-27-12-14-28(15-13-27)21-10-5-3-8-19(21)25/h2-5,7-10H,6,11-17H2,1H3. The van der Waals surface area contributed by atoms with Crippen molar-refractivity contribution < 1.29 is 9.13 Å². The summed E-state index contributed by atoms with van der Waals surface area (Å²) in [5.74, 6) is 0.339. The molecule has 178 valence electrons. The average molecular weight is 483 g/mol. The van der Waals surface area contributed by atoms with Crippen molar-refractivity contribution in [2.45, 2.75) is 19.6 Å². The molecule has 0 atom stereocenters. The van der Waals surface area contributed by atoms with Crippen molar-refractivity contribution in [2.75, 3.05) is 44.8 Å². The molecule has 1 aliphatic rings. The number of hydrogen-bond acceptors (Lipinski definition) is 6. The summed E-state index contributed by atoms with van der Waals surface area (Å²) in [6.07, 6.45) is 0.696. The molecule has 1 aliphatic heterocycles. The van der Waals surface area contributed by atoms with Gasteiger partial charge >= 0.3 is 0 Å². The van der Waals surface area contributed by atoms with Gasteiger partial charge in [-0.25, -0.2) is 9.07 Å². The van der Waals surface area contributed by atoms with E-state index in [1.54, 1.807) is 22.4 Å². The number of halogens is 1. The highest BCUT2D eigenvalue weighted by Gasteiger charge is 2.21. The summed E-state index contributed by atoms with van der Waals surface area (Å²) in [5.41, 5.74) is 1.31. The maximum absolute atomic E-state index is 14.2. The first kappa shape index (κ1) is 22.7. The van der Waals surface area contributed by atoms with E-state index in [4.69, 9.17) is 22.1 Å². The minimum absolute atomic E-state index is 0.0788. The lowest BCUT2D eigenvalue weighted by molar-refractivity contribution is 0.190. The Balaban J connectivity index is 1.44. The molecular formula is C24H27FN6O2S. The molecule has 0 radical (unpaired) electrons. The summed E-state index contributed by atoms with van der Waals surface area (Å²) in [6.45, 7) is 4.49. The predicted molar refractivity (Wildman–Crippen MR) is 132 cm³/mol. The zero-order chi connectivity index (χ0) is 23.7. The average Bonchev–Trinajstić information content (AvgIpc) is 3.18. The fraction of sp³-hybridized carbons (Fsp3) is 0.375. The molecule has 0 amide bonds. The first-order chi connectivity index (χ1) is 16.6. The Bertz CT molecular complexity index is 1440. The number of fused-ring (bicyclic) bond motifs is 3. The smallest absolute Gasteiger partial charge is 0.262 e. The van der Waals surface area contributed by atoms with E-state index < -0.39 is 0 Å². The van der Waals surface area contributed by atoms with Crippen LogP contribution < -0.4 is 10.5 Å². The Labute approximate surface area is 201 Å². The van der Waals surface area contributed by atoms with Crippen molar-refractivity contribution in [3.05, 3.63) is 69.5 Å². The molecule has 10 heteroatoms. The molecule has 0 spiro atoms. The number of anilines is 1. The molecule has 0 aliphatic carbocycles. The molecule has 8 nitrogen and oxygen atoms in total. The zero-order valence-corrected chi connectivity index (χ0v) is 19.9. The number of methoxy groups -OCH3 is 1. The summed E-state index contributed by atoms with van der Waals surface area (Å²) in [4.78, 5) is 17.5. The lowest BCUT2D eigenvalue weighted by Gasteiger charge is -2.35. The molecule has 0 unspecified atom stereocenters. The van der Waals surface area contributed by atoms with E-state index in [1.165, 1.54) is 6.07 Å². The molecule has 0 N–H and O–H groups in total. The number of para-hydroxylation sites is 2. The largest absolute Gasteiger partial charge is 0.385 e. The lowest BCUT2D eigenvalue weighted by atomic mass is 10.2. The summed E-state index contributed by atoms with van der Waals surface area (Å²) in [7, 11) is 1.65. The van der Waals surface area contributed by atoms with Gasteiger partial charge in [-0.3, -0.25) is 18.7 Å². The number of ether oxygens (including phenoxy) is 1. The van der Waals surface area contributed by atoms with Crippen LogP contribution in [0.3, 0.4) is 0 Å². The second kappa shape index (κ2) is 9.65. The summed E-state index contributed by atoms with van der Waals surface area (Å²) >= 11 is 5.81. The SMILES string of the molecule is COCCCn1c(=O)c2ccccc2n2c(=S)n(CN3CCN(c4ccccc4F)CC3)nc12. The van der Waals surface area contributed by atoms with Gasteiger partial charge in [-0.2, -0.15) is 0 Å². The van der Waals surface area contributed by atoms with Gasteiger partial charge in [-0.15, -0.1) is 5.10 Å². The number of rotatable bonds is 7. The van der Waals surface area contributed by atoms with E-state index in [2.05, 4.69) is 9.80 Å². The Hall–Kier alpha value is -3.08. The molecule has 34 heavy (non-hydrogen) atoms. The first-order valence-electron chi connectivity index (χ1n) is 11.4. The fourth-order valence-electron chi connectivity index (χ4n) is 4.56. The molecule has 0 saturated carbocycles. The minimum Gasteiger partial charge on any atom is -0.385 e. The number of piperazine rings is 1. The third-order valence-corrected chi connectivity index (χ3v) is 6.71. The van der Waals surface area contributed by atoms with Crippen LogP contribution >= 0.6 is 12.2 Å². The van der Waals surface area contributed by atoms with Gasteiger partial charge in [0.15, 0.2) is 0 Å². The van der Waals surface area contributed by atoms with Gasteiger partial charge in [0.05, 0.1) is 23.3 Å². The van der Waals surface area contributed by atoms with Crippen LogP contribution in [-0.2, 0) is 18.0 Å². The van der Waals surface area contributed by atoms with E-state index in [1.807, 2.05) is 40.8 Å². The second-order valence-corrected chi connectivity index (χ2v) is 8.80.